The molecule has 1 aromatic rings. The largest absolute Gasteiger partial charge is 0.422 e. The Labute approximate surface area is 102 Å². The Morgan fingerprint density at radius 3 is 2.59 bits per heavy atom. The minimum absolute atomic E-state index is 0.0375. The van der Waals surface area contributed by atoms with Crippen molar-refractivity contribution in [2.45, 2.75) is 6.11 Å². The summed E-state index contributed by atoms with van der Waals surface area (Å²) in [5.74, 6) is -2.16. The zero-order valence-corrected chi connectivity index (χ0v) is 9.71. The summed E-state index contributed by atoms with van der Waals surface area (Å²) in [4.78, 5) is 9.39. The molecule has 0 unspecified atom stereocenters. The average molecular weight is 312 g/mol. The van der Waals surface area contributed by atoms with Crippen molar-refractivity contribution in [2.24, 2.45) is 0 Å². The molecule has 0 radical (unpaired) electrons. The molecule has 0 heterocycles. The molecule has 92 valence electrons. The van der Waals surface area contributed by atoms with Gasteiger partial charge in [-0.05, 0) is 6.07 Å². The number of hydrogen-bond donors (Lipinski definition) is 0. The Balaban J connectivity index is 3.31. The van der Waals surface area contributed by atoms with Crippen LogP contribution >= 0.6 is 15.9 Å². The van der Waals surface area contributed by atoms with Gasteiger partial charge in [-0.15, -0.1) is 0 Å². The fourth-order valence-electron chi connectivity index (χ4n) is 0.986. The second kappa shape index (κ2) is 4.74. The van der Waals surface area contributed by atoms with Crippen LogP contribution in [0.25, 0.3) is 0 Å². The van der Waals surface area contributed by atoms with Gasteiger partial charge in [0.05, 0.1) is 4.92 Å². The van der Waals surface area contributed by atoms with Crippen molar-refractivity contribution in [1.82, 2.24) is 0 Å². The van der Waals surface area contributed by atoms with Crippen LogP contribution in [0.2, 0.25) is 0 Å². The maximum Gasteiger partial charge on any atom is 0.419 e. The summed E-state index contributed by atoms with van der Waals surface area (Å²) < 4.78 is 43.0. The molecule has 0 aromatic heterocycles. The van der Waals surface area contributed by atoms with E-state index in [9.17, 15) is 23.3 Å². The van der Waals surface area contributed by atoms with Crippen LogP contribution in [-0.2, 0) is 0 Å². The van der Waals surface area contributed by atoms with Crippen LogP contribution in [0.1, 0.15) is 0 Å². The summed E-state index contributed by atoms with van der Waals surface area (Å²) >= 11 is 2.81. The summed E-state index contributed by atoms with van der Waals surface area (Å²) in [6, 6.07) is 1.65. The van der Waals surface area contributed by atoms with Crippen LogP contribution in [0.4, 0.5) is 18.9 Å². The first-order valence-electron chi connectivity index (χ1n) is 4.10. The summed E-state index contributed by atoms with van der Waals surface area (Å²) in [5.41, 5.74) is -1.16. The van der Waals surface area contributed by atoms with Crippen molar-refractivity contribution in [3.05, 3.63) is 45.2 Å². The van der Waals surface area contributed by atoms with Gasteiger partial charge in [-0.3, -0.25) is 10.1 Å². The first-order chi connectivity index (χ1) is 7.76. The molecule has 0 fully saturated rings. The molecule has 0 aliphatic rings. The summed E-state index contributed by atoms with van der Waals surface area (Å²) in [7, 11) is 0. The summed E-state index contributed by atoms with van der Waals surface area (Å²) in [6.07, 6.45) is -3.67. The molecule has 0 atom stereocenters. The van der Waals surface area contributed by atoms with E-state index >= 15 is 0 Å². The minimum Gasteiger partial charge on any atom is -0.422 e. The predicted octanol–water partition coefficient (Wildman–Crippen LogP) is 3.65. The van der Waals surface area contributed by atoms with Gasteiger partial charge in [-0.1, -0.05) is 22.5 Å². The molecule has 0 amide bonds. The van der Waals surface area contributed by atoms with E-state index in [-0.39, 0.29) is 10.5 Å². The van der Waals surface area contributed by atoms with Crippen LogP contribution in [-0.4, -0.2) is 11.0 Å². The number of ether oxygens (including phenoxy) is 1. The van der Waals surface area contributed by atoms with Gasteiger partial charge >= 0.3 is 11.8 Å². The quantitative estimate of drug-likeness (QED) is 0.484. The number of hydrogen-bond acceptors (Lipinski definition) is 3. The molecule has 1 aromatic carbocycles. The van der Waals surface area contributed by atoms with Crippen molar-refractivity contribution in [1.29, 1.82) is 0 Å². The number of nitro benzene ring substituents is 1. The Hall–Kier alpha value is -1.57. The number of halogens is 4. The SMILES string of the molecule is C=CC(F)(F)Oc1cc(Br)cc(F)c1[N+](=O)[O-]. The van der Waals surface area contributed by atoms with Crippen LogP contribution in [0, 0.1) is 15.9 Å². The first-order valence-corrected chi connectivity index (χ1v) is 4.90. The summed E-state index contributed by atoms with van der Waals surface area (Å²) in [6.45, 7) is 2.80. The van der Waals surface area contributed by atoms with E-state index in [1.54, 1.807) is 0 Å². The van der Waals surface area contributed by atoms with E-state index < -0.39 is 28.3 Å². The lowest BCUT2D eigenvalue weighted by molar-refractivity contribution is -0.389. The van der Waals surface area contributed by atoms with Gasteiger partial charge in [-0.25, -0.2) is 0 Å². The molecule has 0 spiro atoms. The molecule has 0 bridgehead atoms. The third kappa shape index (κ3) is 3.19. The minimum atomic E-state index is -3.82. The number of rotatable bonds is 4. The second-order valence-corrected chi connectivity index (χ2v) is 3.78. The highest BCUT2D eigenvalue weighted by Crippen LogP contribution is 2.36. The van der Waals surface area contributed by atoms with E-state index in [1.165, 1.54) is 0 Å². The van der Waals surface area contributed by atoms with E-state index in [0.29, 0.717) is 0 Å². The zero-order valence-electron chi connectivity index (χ0n) is 8.12. The molecule has 0 saturated heterocycles. The normalized spacial score (nSPS) is 11.1. The molecular formula is C9H5BrF3NO3. The Bertz CT molecular complexity index is 479. The predicted molar refractivity (Wildman–Crippen MR) is 56.5 cm³/mol. The molecule has 4 nitrogen and oxygen atoms in total. The third-order valence-electron chi connectivity index (χ3n) is 1.66. The van der Waals surface area contributed by atoms with E-state index in [2.05, 4.69) is 27.2 Å². The van der Waals surface area contributed by atoms with Gasteiger partial charge in [-0.2, -0.15) is 13.2 Å². The monoisotopic (exact) mass is 311 g/mol. The lowest BCUT2D eigenvalue weighted by atomic mass is 10.3. The molecule has 8 heteroatoms. The van der Waals surface area contributed by atoms with Crippen LogP contribution in [0.5, 0.6) is 5.75 Å². The van der Waals surface area contributed by atoms with E-state index in [4.69, 9.17) is 0 Å². The molecule has 0 N–H and O–H groups in total. The topological polar surface area (TPSA) is 52.4 Å². The Morgan fingerprint density at radius 1 is 1.53 bits per heavy atom. The van der Waals surface area contributed by atoms with Gasteiger partial charge in [0.15, 0.2) is 0 Å². The number of alkyl halides is 2. The maximum absolute atomic E-state index is 13.2. The maximum atomic E-state index is 13.2. The van der Waals surface area contributed by atoms with Gasteiger partial charge in [0.25, 0.3) is 0 Å². The Morgan fingerprint density at radius 2 is 2.12 bits per heavy atom. The second-order valence-electron chi connectivity index (χ2n) is 2.86. The van der Waals surface area contributed by atoms with Crippen molar-refractivity contribution in [3.8, 4) is 5.75 Å². The van der Waals surface area contributed by atoms with Gasteiger partial charge < -0.3 is 4.74 Å². The van der Waals surface area contributed by atoms with Crippen molar-refractivity contribution >= 4 is 21.6 Å². The highest BCUT2D eigenvalue weighted by atomic mass is 79.9. The number of nitrogens with zero attached hydrogens (tertiary/aromatic N) is 1. The van der Waals surface area contributed by atoms with Crippen molar-refractivity contribution in [3.63, 3.8) is 0 Å². The van der Waals surface area contributed by atoms with E-state index in [1.807, 2.05) is 0 Å². The van der Waals surface area contributed by atoms with Gasteiger partial charge in [0, 0.05) is 16.6 Å². The zero-order chi connectivity index (χ0) is 13.2. The van der Waals surface area contributed by atoms with Gasteiger partial charge in [0.2, 0.25) is 11.6 Å². The lowest BCUT2D eigenvalue weighted by Crippen LogP contribution is -2.21. The number of nitro groups is 1. The highest BCUT2D eigenvalue weighted by Gasteiger charge is 2.32. The summed E-state index contributed by atoms with van der Waals surface area (Å²) in [5, 5.41) is 10.5. The first kappa shape index (κ1) is 13.5. The lowest BCUT2D eigenvalue weighted by Gasteiger charge is -2.14. The molecule has 0 saturated carbocycles. The van der Waals surface area contributed by atoms with Gasteiger partial charge in [0.1, 0.15) is 0 Å². The smallest absolute Gasteiger partial charge is 0.419 e. The van der Waals surface area contributed by atoms with Crippen LogP contribution < -0.4 is 4.74 Å². The van der Waals surface area contributed by atoms with Crippen molar-refractivity contribution in [2.75, 3.05) is 0 Å². The van der Waals surface area contributed by atoms with Crippen LogP contribution in [0.3, 0.4) is 0 Å². The molecule has 17 heavy (non-hydrogen) atoms. The molecule has 0 aliphatic carbocycles. The van der Waals surface area contributed by atoms with E-state index in [0.717, 1.165) is 12.1 Å². The molecule has 1 rings (SSSR count). The highest BCUT2D eigenvalue weighted by molar-refractivity contribution is 9.10. The fraction of sp³-hybridized carbons (Fsp3) is 0.111. The molecule has 0 aliphatic heterocycles. The average Bonchev–Trinajstić information content (AvgIpc) is 2.14. The fourth-order valence-corrected chi connectivity index (χ4v) is 1.39. The van der Waals surface area contributed by atoms with Crippen LogP contribution in [0.15, 0.2) is 29.3 Å². The number of benzene rings is 1. The Kier molecular flexibility index (Phi) is 3.76. The van der Waals surface area contributed by atoms with Crippen molar-refractivity contribution < 1.29 is 22.8 Å². The molecular weight excluding hydrogens is 307 g/mol. The standard InChI is InChI=1S/C9H5BrF3NO3/c1-2-9(12,13)17-7-4-5(10)3-6(11)8(7)14(15)16/h2-4H,1H2. The third-order valence-corrected chi connectivity index (χ3v) is 2.12.